The van der Waals surface area contributed by atoms with Crippen molar-refractivity contribution >= 4 is 110 Å². The predicted octanol–water partition coefficient (Wildman–Crippen LogP) is 24.0. The van der Waals surface area contributed by atoms with Gasteiger partial charge in [0.2, 0.25) is 0 Å². The van der Waals surface area contributed by atoms with Gasteiger partial charge in [0.1, 0.15) is 0 Å². The molecule has 0 aliphatic heterocycles. The van der Waals surface area contributed by atoms with E-state index in [1.54, 1.807) is 0 Å². The second kappa shape index (κ2) is 21.3. The smallest absolute Gasteiger partial charge is 0.0562 e. The van der Waals surface area contributed by atoms with Gasteiger partial charge in [-0.3, -0.25) is 0 Å². The molecule has 0 saturated heterocycles. The summed E-state index contributed by atoms with van der Waals surface area (Å²) in [5.74, 6) is 1.19. The highest BCUT2D eigenvalue weighted by Gasteiger charge is 2.32. The minimum atomic E-state index is 0.243. The van der Waals surface area contributed by atoms with E-state index in [0.717, 1.165) is 25.7 Å². The zero-order chi connectivity index (χ0) is 59.6. The van der Waals surface area contributed by atoms with Crippen LogP contribution in [-0.4, -0.2) is 9.13 Å². The molecule has 0 saturated carbocycles. The van der Waals surface area contributed by atoms with E-state index < -0.39 is 0 Å². The quantitative estimate of drug-likeness (QED) is 0.113. The lowest BCUT2D eigenvalue weighted by Gasteiger charge is -2.34. The highest BCUT2D eigenvalue weighted by molar-refractivity contribution is 6.31. The van der Waals surface area contributed by atoms with Crippen molar-refractivity contribution in [1.82, 2.24) is 9.13 Å². The van der Waals surface area contributed by atoms with Crippen LogP contribution >= 0.6 is 0 Å². The van der Waals surface area contributed by atoms with Gasteiger partial charge in [-0.05, 0) is 214 Å². The van der Waals surface area contributed by atoms with Gasteiger partial charge in [0.25, 0.3) is 0 Å². The number of rotatable bonds is 12. The Kier molecular flexibility index (Phi) is 13.2. The average Bonchev–Trinajstić information content (AvgIpc) is 0.993. The first kappa shape index (κ1) is 54.3. The first-order valence-corrected chi connectivity index (χ1v) is 32.9. The third-order valence-electron chi connectivity index (χ3n) is 20.3. The molecule has 88 heavy (non-hydrogen) atoms. The molecule has 0 fully saturated rings. The molecule has 12 aromatic carbocycles. The van der Waals surface area contributed by atoms with E-state index in [4.69, 9.17) is 0 Å². The number of anilines is 6. The van der Waals surface area contributed by atoms with Crippen LogP contribution in [0.25, 0.3) is 87.3 Å². The Morgan fingerprint density at radius 3 is 1.06 bits per heavy atom. The topological polar surface area (TPSA) is 16.3 Å². The highest BCUT2D eigenvalue weighted by Crippen LogP contribution is 2.55. The Morgan fingerprint density at radius 1 is 0.273 bits per heavy atom. The maximum atomic E-state index is 2.73. The van der Waals surface area contributed by atoms with Crippen molar-refractivity contribution in [2.45, 2.75) is 130 Å². The van der Waals surface area contributed by atoms with Gasteiger partial charge in [-0.2, -0.15) is 0 Å². The third-order valence-corrected chi connectivity index (χ3v) is 20.3. The molecule has 2 aliphatic carbocycles. The minimum absolute atomic E-state index is 0.243. The zero-order valence-corrected chi connectivity index (χ0v) is 52.4. The lowest BCUT2D eigenvalue weighted by molar-refractivity contribution is 0.686. The summed E-state index contributed by atoms with van der Waals surface area (Å²) in [6.07, 6.45) is 9.12. The molecule has 4 heteroatoms. The Morgan fingerprint density at radius 2 is 0.625 bits per heavy atom. The summed E-state index contributed by atoms with van der Waals surface area (Å²) in [6, 6.07) is 80.3. The van der Waals surface area contributed by atoms with Crippen LogP contribution in [0.3, 0.4) is 0 Å². The van der Waals surface area contributed by atoms with Crippen LogP contribution in [0.15, 0.2) is 206 Å². The number of aromatic nitrogens is 2. The Hall–Kier alpha value is -9.12. The van der Waals surface area contributed by atoms with Gasteiger partial charge in [0.15, 0.2) is 0 Å². The maximum absolute atomic E-state index is 2.73. The van der Waals surface area contributed by atoms with Crippen molar-refractivity contribution < 1.29 is 0 Å². The summed E-state index contributed by atoms with van der Waals surface area (Å²) in [5.41, 5.74) is 26.2. The maximum Gasteiger partial charge on any atom is 0.0562 e. The number of para-hydroxylation sites is 4. The van der Waals surface area contributed by atoms with Crippen LogP contribution < -0.4 is 9.80 Å². The normalized spacial score (nSPS) is 13.7. The van der Waals surface area contributed by atoms with E-state index in [1.165, 1.54) is 192 Å². The number of hydrogen-bond donors (Lipinski definition) is 0. The molecule has 16 rings (SSSR count). The molecule has 14 aromatic rings. The van der Waals surface area contributed by atoms with E-state index >= 15 is 0 Å². The van der Waals surface area contributed by atoms with E-state index in [-0.39, 0.29) is 11.8 Å². The van der Waals surface area contributed by atoms with Gasteiger partial charge in [0, 0.05) is 55.1 Å². The molecule has 0 N–H and O–H groups in total. The third kappa shape index (κ3) is 8.30. The molecule has 0 radical (unpaired) electrons. The Labute approximate surface area is 518 Å². The Bertz CT molecular complexity index is 4760. The number of hydrogen-bond acceptors (Lipinski definition) is 2. The van der Waals surface area contributed by atoms with Crippen LogP contribution in [0.5, 0.6) is 0 Å². The van der Waals surface area contributed by atoms with Gasteiger partial charge in [-0.1, -0.05) is 189 Å². The average molecular weight is 1140 g/mol. The molecule has 0 spiro atoms. The summed E-state index contributed by atoms with van der Waals surface area (Å²) >= 11 is 0. The van der Waals surface area contributed by atoms with Crippen LogP contribution in [0.4, 0.5) is 34.1 Å². The van der Waals surface area contributed by atoms with E-state index in [1.807, 2.05) is 0 Å². The first-order chi connectivity index (χ1) is 43.0. The molecule has 2 aliphatic rings. The number of benzene rings is 12. The fourth-order valence-corrected chi connectivity index (χ4v) is 16.3. The van der Waals surface area contributed by atoms with Gasteiger partial charge in [0.05, 0.1) is 44.8 Å². The van der Waals surface area contributed by atoms with Crippen LogP contribution in [0.2, 0.25) is 0 Å². The summed E-state index contributed by atoms with van der Waals surface area (Å²) in [4.78, 5) is 5.46. The largest absolute Gasteiger partial charge is 0.309 e. The van der Waals surface area contributed by atoms with Crippen molar-refractivity contribution in [2.75, 3.05) is 9.80 Å². The second-order valence-electron chi connectivity index (χ2n) is 26.7. The first-order valence-electron chi connectivity index (χ1n) is 32.9. The molecule has 0 unspecified atom stereocenters. The van der Waals surface area contributed by atoms with E-state index in [0.29, 0.717) is 11.8 Å². The number of aryl methyl sites for hydroxylation is 2. The second-order valence-corrected chi connectivity index (χ2v) is 26.7. The minimum Gasteiger partial charge on any atom is -0.309 e. The molecule has 0 bridgehead atoms. The lowest BCUT2D eigenvalue weighted by Crippen LogP contribution is -2.17. The van der Waals surface area contributed by atoms with Crippen LogP contribution in [0, 0.1) is 0 Å². The van der Waals surface area contributed by atoms with Gasteiger partial charge >= 0.3 is 0 Å². The number of nitrogens with zero attached hydrogens (tertiary/aromatic N) is 4. The fraction of sp³-hybridized carbons (Fsp3) is 0.238. The molecular weight excluding hydrogens is 1060 g/mol. The van der Waals surface area contributed by atoms with Gasteiger partial charge < -0.3 is 18.9 Å². The van der Waals surface area contributed by atoms with E-state index in [9.17, 15) is 0 Å². The van der Waals surface area contributed by atoms with Crippen molar-refractivity contribution in [3.8, 4) is 11.4 Å². The molecule has 434 valence electrons. The lowest BCUT2D eigenvalue weighted by atomic mass is 9.83. The van der Waals surface area contributed by atoms with Crippen molar-refractivity contribution in [1.29, 1.82) is 0 Å². The van der Waals surface area contributed by atoms with Crippen LogP contribution in [0.1, 0.15) is 149 Å². The molecule has 2 heterocycles. The molecule has 4 nitrogen and oxygen atoms in total. The summed E-state index contributed by atoms with van der Waals surface area (Å²) in [5, 5.41) is 13.0. The summed E-state index contributed by atoms with van der Waals surface area (Å²) in [6.45, 7) is 18.9. The molecule has 0 amide bonds. The summed E-state index contributed by atoms with van der Waals surface area (Å²) < 4.78 is 5.11. The van der Waals surface area contributed by atoms with Crippen molar-refractivity contribution in [2.24, 2.45) is 0 Å². The SMILES string of the molecule is CC(C)c1ccccc1-n1c2ccccc2c2c(N(c3cccc4c3CCCC4)c3cc(C(C)C)c4ccc5c(N(c6cccc7c6CCCC7)c6cccc7c6c6ccccc6n7-c6ccccc6C(C)C)cc(C(C)C)c6ccc3c4c65)cccc21. The summed E-state index contributed by atoms with van der Waals surface area (Å²) in [7, 11) is 0. The van der Waals surface area contributed by atoms with Gasteiger partial charge in [-0.25, -0.2) is 0 Å². The molecule has 2 aromatic heterocycles. The molecule has 0 atom stereocenters. The standard InChI is InChI=1S/C84H78N4/c1-51(2)57-29-13-17-35-69(57)85-73-37-19-15-33-63(73)83-75(85)41-23-43-77(83)87(71-39-21-27-55-25-9-11-31-59(55)71)79-49-67(53(5)6)61-46-48-66-80(50-68(54(7)8)62-45-47-65(79)81(61)82(62)66)88(72-40-22-28-56-26-10-12-32-60(56)72)78-44-24-42-76-84(78)64-34-16-20-38-74(64)86(76)70-36-18-14-30-58(70)52(3)4/h13-24,27-30,33-54H,9-12,25-26,31-32H2,1-8H3. The van der Waals surface area contributed by atoms with Crippen molar-refractivity contribution in [3.05, 3.63) is 251 Å². The van der Waals surface area contributed by atoms with Gasteiger partial charge in [-0.15, -0.1) is 0 Å². The highest BCUT2D eigenvalue weighted by atomic mass is 15.2. The zero-order valence-electron chi connectivity index (χ0n) is 52.4. The number of fused-ring (bicyclic) bond motifs is 8. The fourth-order valence-electron chi connectivity index (χ4n) is 16.3. The Balaban J connectivity index is 1.03. The van der Waals surface area contributed by atoms with Crippen LogP contribution in [-0.2, 0) is 25.7 Å². The molecular formula is C84H78N4. The predicted molar refractivity (Wildman–Crippen MR) is 378 cm³/mol. The monoisotopic (exact) mass is 1140 g/mol. The van der Waals surface area contributed by atoms with Crippen molar-refractivity contribution in [3.63, 3.8) is 0 Å². The van der Waals surface area contributed by atoms with E-state index in [2.05, 4.69) is 281 Å².